The number of aromatic nitrogens is 2. The van der Waals surface area contributed by atoms with E-state index < -0.39 is 33.9 Å². The molecule has 0 spiro atoms. The summed E-state index contributed by atoms with van der Waals surface area (Å²) in [5.41, 5.74) is 7.28. The number of nitrogens with zero attached hydrogens (tertiary/aromatic N) is 5. The molecule has 2 aliphatic rings. The van der Waals surface area contributed by atoms with E-state index in [1.807, 2.05) is 61.0 Å². The Bertz CT molecular complexity index is 2070. The number of amides is 1. The lowest BCUT2D eigenvalue weighted by atomic mass is 9.85. The zero-order valence-electron chi connectivity index (χ0n) is 32.8. The minimum Gasteiger partial charge on any atom is -0.371 e. The molecule has 0 unspecified atom stereocenters. The summed E-state index contributed by atoms with van der Waals surface area (Å²) in [5, 5.41) is 2.72. The molecule has 1 atom stereocenters. The molecule has 3 heterocycles. The topological polar surface area (TPSA) is 111 Å². The van der Waals surface area contributed by atoms with Gasteiger partial charge < -0.3 is 15.1 Å². The van der Waals surface area contributed by atoms with Crippen LogP contribution in [0.5, 0.6) is 0 Å². The first-order valence-electron chi connectivity index (χ1n) is 19.4. The standard InChI is InChI=1S/C43H52F3N7O3S/c1-31-39(32(2)49-30-48-31)33(3)51-25-21-42(4,22-26-51)52-23-19-38(20-24-52)53(28-35-11-7-5-8-12-35)37-17-15-34(16-18-37)27-47-41(54)40(36-13-9-6-10-14-36)50-57(55,56)29-43(44,45)46/h5-18,30,38,40,50H,3,19-29H2,1-2,4H3,(H,47,54)/t40-/m1/s1. The monoisotopic (exact) mass is 803 g/mol. The SMILES string of the molecule is C=C(c1c(C)ncnc1C)N1CCC(C)(N2CCC(N(Cc3ccccc3)c3ccc(CNC(=O)[C@H](NS(=O)(=O)CC(F)(F)F)c4ccccc4)cc3)CC2)CC1. The van der Waals surface area contributed by atoms with Gasteiger partial charge in [-0.2, -0.15) is 17.9 Å². The second-order valence-corrected chi connectivity index (χ2v) is 17.2. The molecule has 0 saturated carbocycles. The third-order valence-corrected chi connectivity index (χ3v) is 12.7. The van der Waals surface area contributed by atoms with Crippen molar-refractivity contribution < 1.29 is 26.4 Å². The third-order valence-electron chi connectivity index (χ3n) is 11.4. The number of hydrogen-bond donors (Lipinski definition) is 2. The van der Waals surface area contributed by atoms with E-state index in [0.29, 0.717) is 6.04 Å². The minimum absolute atomic E-state index is 0.0578. The number of nitrogens with one attached hydrogen (secondary N) is 2. The first kappa shape index (κ1) is 41.8. The van der Waals surface area contributed by atoms with E-state index in [9.17, 15) is 26.4 Å². The van der Waals surface area contributed by atoms with Crippen LogP contribution in [0.1, 0.15) is 72.3 Å². The molecule has 2 fully saturated rings. The minimum atomic E-state index is -4.96. The first-order valence-corrected chi connectivity index (χ1v) is 21.0. The summed E-state index contributed by atoms with van der Waals surface area (Å²) >= 11 is 0. The lowest BCUT2D eigenvalue weighted by Crippen LogP contribution is -2.57. The van der Waals surface area contributed by atoms with E-state index in [1.54, 1.807) is 24.5 Å². The average molecular weight is 804 g/mol. The van der Waals surface area contributed by atoms with Gasteiger partial charge in [0.1, 0.15) is 12.4 Å². The summed E-state index contributed by atoms with van der Waals surface area (Å²) in [7, 11) is -4.85. The van der Waals surface area contributed by atoms with Crippen LogP contribution in [0.25, 0.3) is 5.70 Å². The van der Waals surface area contributed by atoms with Crippen LogP contribution in [-0.4, -0.2) is 83.8 Å². The Hall–Kier alpha value is -4.79. The molecule has 14 heteroatoms. The van der Waals surface area contributed by atoms with Gasteiger partial charge in [0.25, 0.3) is 0 Å². The quantitative estimate of drug-likeness (QED) is 0.141. The predicted octanol–water partition coefficient (Wildman–Crippen LogP) is 6.93. The van der Waals surface area contributed by atoms with E-state index in [0.717, 1.165) is 92.3 Å². The highest BCUT2D eigenvalue weighted by atomic mass is 32.2. The molecule has 0 aliphatic carbocycles. The highest BCUT2D eigenvalue weighted by molar-refractivity contribution is 7.89. The number of rotatable bonds is 14. The lowest BCUT2D eigenvalue weighted by molar-refractivity contribution is -0.123. The zero-order valence-corrected chi connectivity index (χ0v) is 33.6. The molecule has 2 saturated heterocycles. The molecule has 4 aromatic rings. The molecule has 1 aromatic heterocycles. The van der Waals surface area contributed by atoms with Crippen LogP contribution in [0.4, 0.5) is 18.9 Å². The fraction of sp³-hybridized carbons (Fsp3) is 0.419. The Kier molecular flexibility index (Phi) is 13.0. The maximum absolute atomic E-state index is 13.3. The van der Waals surface area contributed by atoms with Crippen LogP contribution >= 0.6 is 0 Å². The second-order valence-electron chi connectivity index (χ2n) is 15.4. The largest absolute Gasteiger partial charge is 0.404 e. The number of aryl methyl sites for hydroxylation is 2. The maximum atomic E-state index is 13.3. The highest BCUT2D eigenvalue weighted by Gasteiger charge is 2.40. The fourth-order valence-corrected chi connectivity index (χ4v) is 9.24. The van der Waals surface area contributed by atoms with Gasteiger partial charge in [0, 0.05) is 67.8 Å². The number of piperidine rings is 2. The normalized spacial score (nSPS) is 17.2. The molecule has 6 rings (SSSR count). The lowest BCUT2D eigenvalue weighted by Gasteiger charge is -2.51. The van der Waals surface area contributed by atoms with Gasteiger partial charge >= 0.3 is 6.18 Å². The van der Waals surface area contributed by atoms with Crippen molar-refractivity contribution in [2.75, 3.05) is 36.8 Å². The summed E-state index contributed by atoms with van der Waals surface area (Å²) in [5.74, 6) is -2.84. The molecule has 57 heavy (non-hydrogen) atoms. The maximum Gasteiger partial charge on any atom is 0.404 e. The molecule has 0 bridgehead atoms. The van der Waals surface area contributed by atoms with Gasteiger partial charge in [-0.15, -0.1) is 0 Å². The van der Waals surface area contributed by atoms with Gasteiger partial charge in [0.05, 0.1) is 11.4 Å². The van der Waals surface area contributed by atoms with Gasteiger partial charge in [-0.05, 0) is 75.3 Å². The molecule has 1 amide bonds. The molecule has 0 radical (unpaired) electrons. The van der Waals surface area contributed by atoms with Gasteiger partial charge in [0.15, 0.2) is 5.75 Å². The van der Waals surface area contributed by atoms with Crippen molar-refractivity contribution >= 4 is 27.3 Å². The van der Waals surface area contributed by atoms with Crippen molar-refractivity contribution in [1.29, 1.82) is 0 Å². The van der Waals surface area contributed by atoms with Crippen LogP contribution in [0.2, 0.25) is 0 Å². The molecule has 304 valence electrons. The van der Waals surface area contributed by atoms with Crippen molar-refractivity contribution in [3.05, 3.63) is 131 Å². The zero-order chi connectivity index (χ0) is 40.8. The van der Waals surface area contributed by atoms with E-state index in [-0.39, 0.29) is 17.6 Å². The number of hydrogen-bond acceptors (Lipinski definition) is 8. The molecule has 2 aliphatic heterocycles. The van der Waals surface area contributed by atoms with Gasteiger partial charge in [-0.1, -0.05) is 79.4 Å². The number of benzene rings is 3. The van der Waals surface area contributed by atoms with E-state index >= 15 is 0 Å². The number of alkyl halides is 3. The van der Waals surface area contributed by atoms with Crippen molar-refractivity contribution in [2.24, 2.45) is 0 Å². The Labute approximate surface area is 334 Å². The number of carbonyl (C=O) groups excluding carboxylic acids is 1. The predicted molar refractivity (Wildman–Crippen MR) is 217 cm³/mol. The van der Waals surface area contributed by atoms with Crippen molar-refractivity contribution in [3.63, 3.8) is 0 Å². The Balaban J connectivity index is 1.09. The fourth-order valence-electron chi connectivity index (χ4n) is 8.12. The third kappa shape index (κ3) is 10.8. The van der Waals surface area contributed by atoms with E-state index in [2.05, 4.69) is 55.6 Å². The van der Waals surface area contributed by atoms with E-state index in [1.165, 1.54) is 17.7 Å². The highest BCUT2D eigenvalue weighted by Crippen LogP contribution is 2.36. The number of likely N-dealkylation sites (tertiary alicyclic amines) is 2. The summed E-state index contributed by atoms with van der Waals surface area (Å²) in [4.78, 5) is 29.6. The number of carbonyl (C=O) groups is 1. The van der Waals surface area contributed by atoms with Crippen molar-refractivity contribution in [2.45, 2.75) is 83.3 Å². The first-order chi connectivity index (χ1) is 27.1. The Morgan fingerprint density at radius 1 is 0.895 bits per heavy atom. The number of anilines is 1. The average Bonchev–Trinajstić information content (AvgIpc) is 3.18. The molecule has 3 aromatic carbocycles. The van der Waals surface area contributed by atoms with Crippen molar-refractivity contribution in [3.8, 4) is 0 Å². The second kappa shape index (κ2) is 17.8. The molecular formula is C43H52F3N7O3S. The van der Waals surface area contributed by atoms with Crippen LogP contribution in [0, 0.1) is 13.8 Å². The van der Waals surface area contributed by atoms with Crippen LogP contribution in [0.15, 0.2) is 97.8 Å². The van der Waals surface area contributed by atoms with Crippen LogP contribution in [-0.2, 0) is 27.9 Å². The Morgan fingerprint density at radius 3 is 2.05 bits per heavy atom. The van der Waals surface area contributed by atoms with Gasteiger partial charge in [-0.25, -0.2) is 18.4 Å². The van der Waals surface area contributed by atoms with Crippen molar-refractivity contribution in [1.82, 2.24) is 29.8 Å². The molecule has 10 nitrogen and oxygen atoms in total. The smallest absolute Gasteiger partial charge is 0.371 e. The summed E-state index contributed by atoms with van der Waals surface area (Å²) in [6.45, 7) is 15.5. The summed E-state index contributed by atoms with van der Waals surface area (Å²) < 4.78 is 65.6. The number of halogens is 3. The molecule has 2 N–H and O–H groups in total. The Morgan fingerprint density at radius 2 is 1.47 bits per heavy atom. The van der Waals surface area contributed by atoms with Crippen LogP contribution in [0.3, 0.4) is 0 Å². The van der Waals surface area contributed by atoms with Crippen LogP contribution < -0.4 is 14.9 Å². The van der Waals surface area contributed by atoms with E-state index in [4.69, 9.17) is 0 Å². The molecular weight excluding hydrogens is 752 g/mol. The summed E-state index contributed by atoms with van der Waals surface area (Å²) in [6.07, 6.45) is 0.735. The van der Waals surface area contributed by atoms with Gasteiger partial charge in [0.2, 0.25) is 15.9 Å². The summed E-state index contributed by atoms with van der Waals surface area (Å²) in [6, 6.07) is 24.9. The van der Waals surface area contributed by atoms with Gasteiger partial charge in [-0.3, -0.25) is 9.69 Å². The number of sulfonamides is 1.